The van der Waals surface area contributed by atoms with Gasteiger partial charge in [-0.1, -0.05) is 0 Å². The van der Waals surface area contributed by atoms with E-state index in [2.05, 4.69) is 5.32 Å². The predicted octanol–water partition coefficient (Wildman–Crippen LogP) is 1.21. The second-order valence-electron chi connectivity index (χ2n) is 6.40. The van der Waals surface area contributed by atoms with Crippen molar-refractivity contribution < 1.29 is 24.0 Å². The molecule has 1 aromatic heterocycles. The number of ether oxygens (including phenoxy) is 2. The van der Waals surface area contributed by atoms with Crippen LogP contribution in [-0.4, -0.2) is 39.1 Å². The van der Waals surface area contributed by atoms with Crippen molar-refractivity contribution in [1.82, 2.24) is 0 Å². The van der Waals surface area contributed by atoms with Crippen molar-refractivity contribution in [2.24, 2.45) is 5.73 Å². The average molecular weight is 393 g/mol. The highest BCUT2D eigenvalue weighted by atomic mass is 32.1. The average Bonchev–Trinajstić information content (AvgIpc) is 3.10. The molecule has 2 aromatic rings. The molecular formula is C19H26N3O4S+. The number of carbonyl (C=O) groups excluding carboxylic acids is 2. The lowest BCUT2D eigenvalue weighted by Crippen LogP contribution is -3.12. The zero-order chi connectivity index (χ0) is 20.1. The van der Waals surface area contributed by atoms with Gasteiger partial charge in [0, 0.05) is 5.56 Å². The number of methoxy groups -OCH3 is 2. The number of benzene rings is 1. The number of aryl methyl sites for hydroxylation is 1. The number of hydrogen-bond donors (Lipinski definition) is 3. The first-order valence-corrected chi connectivity index (χ1v) is 9.38. The molecule has 0 saturated heterocycles. The van der Waals surface area contributed by atoms with E-state index < -0.39 is 5.91 Å². The summed E-state index contributed by atoms with van der Waals surface area (Å²) in [5.41, 5.74) is 7.79. The third kappa shape index (κ3) is 4.78. The first kappa shape index (κ1) is 20.7. The summed E-state index contributed by atoms with van der Waals surface area (Å²) < 4.78 is 10.7. The molecular weight excluding hydrogens is 366 g/mol. The van der Waals surface area contributed by atoms with E-state index in [0.717, 1.165) is 16.0 Å². The van der Waals surface area contributed by atoms with Crippen molar-refractivity contribution >= 4 is 28.2 Å². The number of primary amides is 1. The summed E-state index contributed by atoms with van der Waals surface area (Å²) in [6.45, 7) is 4.48. The maximum absolute atomic E-state index is 12.6. The first-order chi connectivity index (χ1) is 12.8. The second-order valence-corrected chi connectivity index (χ2v) is 7.31. The molecule has 2 amide bonds. The molecule has 0 aliphatic heterocycles. The molecule has 8 heteroatoms. The number of carbonyl (C=O) groups is 2. The first-order valence-electron chi connectivity index (χ1n) is 8.50. The van der Waals surface area contributed by atoms with Gasteiger partial charge in [-0.05, 0) is 43.0 Å². The van der Waals surface area contributed by atoms with Crippen LogP contribution in [0, 0.1) is 6.92 Å². The SMILES string of the molecule is COc1cc(C)c(C[NH+](C)[C@H](C)C(=O)Nc2sccc2C(N)=O)cc1OC. The van der Waals surface area contributed by atoms with Crippen LogP contribution in [-0.2, 0) is 11.3 Å². The molecule has 0 saturated carbocycles. The van der Waals surface area contributed by atoms with Crippen LogP contribution in [0.4, 0.5) is 5.00 Å². The normalized spacial score (nSPS) is 12.9. The van der Waals surface area contributed by atoms with Crippen molar-refractivity contribution in [2.45, 2.75) is 26.4 Å². The molecule has 7 nitrogen and oxygen atoms in total. The Morgan fingerprint density at radius 3 is 2.48 bits per heavy atom. The van der Waals surface area contributed by atoms with Gasteiger partial charge in [0.15, 0.2) is 17.5 Å². The van der Waals surface area contributed by atoms with E-state index in [1.165, 1.54) is 11.3 Å². The van der Waals surface area contributed by atoms with Crippen molar-refractivity contribution in [1.29, 1.82) is 0 Å². The Morgan fingerprint density at radius 1 is 1.26 bits per heavy atom. The standard InChI is InChI=1S/C19H25N3O4S/c1-11-8-15(25-4)16(26-5)9-13(11)10-22(3)12(2)18(24)21-19-14(17(20)23)6-7-27-19/h6-9,12H,10H2,1-5H3,(H2,20,23)(H,21,24)/p+1/t12-/m1/s1. The maximum atomic E-state index is 12.6. The minimum absolute atomic E-state index is 0.171. The second kappa shape index (κ2) is 8.88. The van der Waals surface area contributed by atoms with Gasteiger partial charge in [0.2, 0.25) is 0 Å². The summed E-state index contributed by atoms with van der Waals surface area (Å²) in [5, 5.41) is 5.01. The molecule has 0 radical (unpaired) electrons. The zero-order valence-electron chi connectivity index (χ0n) is 16.2. The molecule has 27 heavy (non-hydrogen) atoms. The molecule has 0 spiro atoms. The van der Waals surface area contributed by atoms with Gasteiger partial charge >= 0.3 is 0 Å². The number of hydrogen-bond acceptors (Lipinski definition) is 5. The van der Waals surface area contributed by atoms with Crippen molar-refractivity contribution in [3.05, 3.63) is 40.3 Å². The Hall–Kier alpha value is -2.58. The minimum Gasteiger partial charge on any atom is -0.493 e. The van der Waals surface area contributed by atoms with E-state index in [0.29, 0.717) is 28.6 Å². The van der Waals surface area contributed by atoms with Gasteiger partial charge < -0.3 is 25.4 Å². The van der Waals surface area contributed by atoms with E-state index in [9.17, 15) is 9.59 Å². The number of rotatable bonds is 8. The van der Waals surface area contributed by atoms with Gasteiger partial charge in [0.1, 0.15) is 11.5 Å². The number of likely N-dealkylation sites (N-methyl/N-ethyl adjacent to an activating group) is 1. The fraction of sp³-hybridized carbons (Fsp3) is 0.368. The third-order valence-corrected chi connectivity index (χ3v) is 5.44. The summed E-state index contributed by atoms with van der Waals surface area (Å²) in [6.07, 6.45) is 0. The molecule has 0 aliphatic carbocycles. The Balaban J connectivity index is 2.11. The number of thiophene rings is 1. The van der Waals surface area contributed by atoms with Crippen molar-refractivity contribution in [3.8, 4) is 11.5 Å². The van der Waals surface area contributed by atoms with Crippen LogP contribution in [0.3, 0.4) is 0 Å². The number of anilines is 1. The largest absolute Gasteiger partial charge is 0.493 e. The number of quaternary nitrogens is 1. The van der Waals surface area contributed by atoms with E-state index in [-0.39, 0.29) is 11.9 Å². The van der Waals surface area contributed by atoms with Crippen LogP contribution in [0.15, 0.2) is 23.6 Å². The Morgan fingerprint density at radius 2 is 1.89 bits per heavy atom. The molecule has 4 N–H and O–H groups in total. The molecule has 1 aromatic carbocycles. The van der Waals surface area contributed by atoms with Crippen LogP contribution in [0.25, 0.3) is 0 Å². The quantitative estimate of drug-likeness (QED) is 0.629. The van der Waals surface area contributed by atoms with Gasteiger partial charge in [0.05, 0.1) is 26.8 Å². The lowest BCUT2D eigenvalue weighted by Gasteiger charge is -2.22. The Bertz CT molecular complexity index is 834. The Kier molecular flexibility index (Phi) is 6.81. The molecule has 0 aliphatic rings. The Labute approximate surface area is 163 Å². The van der Waals surface area contributed by atoms with Gasteiger partial charge in [-0.15, -0.1) is 11.3 Å². The lowest BCUT2D eigenvalue weighted by atomic mass is 10.1. The third-order valence-electron chi connectivity index (χ3n) is 4.61. The summed E-state index contributed by atoms with van der Waals surface area (Å²) in [6, 6.07) is 5.14. The fourth-order valence-electron chi connectivity index (χ4n) is 2.71. The molecule has 2 rings (SSSR count). The smallest absolute Gasteiger partial charge is 0.282 e. The van der Waals surface area contributed by atoms with Gasteiger partial charge in [-0.25, -0.2) is 0 Å². The molecule has 1 unspecified atom stereocenters. The van der Waals surface area contributed by atoms with Crippen LogP contribution in [0.5, 0.6) is 11.5 Å². The van der Waals surface area contributed by atoms with E-state index in [1.807, 2.05) is 33.0 Å². The van der Waals surface area contributed by atoms with Crippen LogP contribution >= 0.6 is 11.3 Å². The summed E-state index contributed by atoms with van der Waals surface area (Å²) in [7, 11) is 5.15. The highest BCUT2D eigenvalue weighted by Crippen LogP contribution is 2.30. The highest BCUT2D eigenvalue weighted by Gasteiger charge is 2.25. The fourth-order valence-corrected chi connectivity index (χ4v) is 3.51. The molecule has 0 fully saturated rings. The van der Waals surface area contributed by atoms with Crippen molar-refractivity contribution in [2.75, 3.05) is 26.6 Å². The molecule has 146 valence electrons. The topological polar surface area (TPSA) is 95.1 Å². The predicted molar refractivity (Wildman–Crippen MR) is 106 cm³/mol. The highest BCUT2D eigenvalue weighted by molar-refractivity contribution is 7.14. The molecule has 1 heterocycles. The summed E-state index contributed by atoms with van der Waals surface area (Å²) in [5.74, 6) is 0.614. The lowest BCUT2D eigenvalue weighted by molar-refractivity contribution is -0.907. The van der Waals surface area contributed by atoms with E-state index in [1.54, 1.807) is 25.7 Å². The zero-order valence-corrected chi connectivity index (χ0v) is 17.0. The van der Waals surface area contributed by atoms with Crippen LogP contribution in [0.1, 0.15) is 28.4 Å². The van der Waals surface area contributed by atoms with Gasteiger partial charge in [0.25, 0.3) is 11.8 Å². The number of nitrogens with two attached hydrogens (primary N) is 1. The summed E-state index contributed by atoms with van der Waals surface area (Å²) in [4.78, 5) is 25.0. The monoisotopic (exact) mass is 392 g/mol. The van der Waals surface area contributed by atoms with Crippen molar-refractivity contribution in [3.63, 3.8) is 0 Å². The number of nitrogens with one attached hydrogen (secondary N) is 2. The van der Waals surface area contributed by atoms with E-state index in [4.69, 9.17) is 15.2 Å². The van der Waals surface area contributed by atoms with Gasteiger partial charge in [-0.3, -0.25) is 9.59 Å². The maximum Gasteiger partial charge on any atom is 0.282 e. The van der Waals surface area contributed by atoms with Crippen LogP contribution in [0.2, 0.25) is 0 Å². The molecule has 2 atom stereocenters. The van der Waals surface area contributed by atoms with E-state index >= 15 is 0 Å². The van der Waals surface area contributed by atoms with Crippen LogP contribution < -0.4 is 25.4 Å². The summed E-state index contributed by atoms with van der Waals surface area (Å²) >= 11 is 1.28. The van der Waals surface area contributed by atoms with Gasteiger partial charge in [-0.2, -0.15) is 0 Å². The minimum atomic E-state index is -0.555. The number of amides is 2. The molecule has 0 bridgehead atoms.